The number of anilines is 1. The van der Waals surface area contributed by atoms with Crippen LogP contribution in [0.2, 0.25) is 0 Å². The first-order chi connectivity index (χ1) is 16.4. The molecule has 3 amide bonds. The third-order valence-corrected chi connectivity index (χ3v) is 4.27. The van der Waals surface area contributed by atoms with Gasteiger partial charge in [-0.2, -0.15) is 0 Å². The maximum atomic E-state index is 12.1. The fourth-order valence-corrected chi connectivity index (χ4v) is 2.73. The molecule has 10 heteroatoms. The Bertz CT molecular complexity index is 1000. The van der Waals surface area contributed by atoms with Crippen molar-refractivity contribution >= 4 is 29.4 Å². The molecule has 0 fully saturated rings. The normalized spacial score (nSPS) is 10.1. The molecule has 0 saturated carbocycles. The predicted octanol–water partition coefficient (Wildman–Crippen LogP) is 3.35. The van der Waals surface area contributed by atoms with E-state index < -0.39 is 31.1 Å². The van der Waals surface area contributed by atoms with E-state index in [0.29, 0.717) is 48.1 Å². The third kappa shape index (κ3) is 8.45. The van der Waals surface area contributed by atoms with Crippen molar-refractivity contribution in [2.24, 2.45) is 0 Å². The Morgan fingerprint density at radius 3 is 2.12 bits per heavy atom. The number of ether oxygens (including phenoxy) is 4. The number of imide groups is 1. The first kappa shape index (κ1) is 26.2. The van der Waals surface area contributed by atoms with Gasteiger partial charge in [-0.1, -0.05) is 6.92 Å². The summed E-state index contributed by atoms with van der Waals surface area (Å²) in [5.41, 5.74) is 0.931. The van der Waals surface area contributed by atoms with E-state index in [0.717, 1.165) is 0 Å². The van der Waals surface area contributed by atoms with Crippen molar-refractivity contribution in [1.29, 1.82) is 0 Å². The summed E-state index contributed by atoms with van der Waals surface area (Å²) in [5, 5.41) is 4.56. The fourth-order valence-electron chi connectivity index (χ4n) is 2.73. The minimum absolute atomic E-state index is 0.00161. The van der Waals surface area contributed by atoms with Gasteiger partial charge in [0.15, 0.2) is 30.5 Å². The maximum Gasteiger partial charge on any atom is 0.344 e. The Hall–Kier alpha value is -4.08. The molecule has 0 unspecified atom stereocenters. The van der Waals surface area contributed by atoms with Gasteiger partial charge in [-0.15, -0.1) is 0 Å². The number of ketones is 1. The number of esters is 1. The van der Waals surface area contributed by atoms with Crippen LogP contribution in [-0.2, 0) is 14.3 Å². The molecule has 10 nitrogen and oxygen atoms in total. The van der Waals surface area contributed by atoms with Crippen LogP contribution in [0.4, 0.5) is 10.5 Å². The van der Waals surface area contributed by atoms with Crippen molar-refractivity contribution in [3.8, 4) is 17.2 Å². The molecule has 2 aromatic rings. The molecule has 0 radical (unpaired) electrons. The van der Waals surface area contributed by atoms with E-state index >= 15 is 0 Å². The van der Waals surface area contributed by atoms with Crippen LogP contribution in [0.15, 0.2) is 42.5 Å². The van der Waals surface area contributed by atoms with Crippen LogP contribution in [0.25, 0.3) is 0 Å². The van der Waals surface area contributed by atoms with Crippen LogP contribution in [0.1, 0.15) is 37.6 Å². The number of carbonyl (C=O) groups excluding carboxylic acids is 4. The Morgan fingerprint density at radius 1 is 0.794 bits per heavy atom. The molecule has 0 aliphatic rings. The van der Waals surface area contributed by atoms with Gasteiger partial charge < -0.3 is 24.3 Å². The van der Waals surface area contributed by atoms with Gasteiger partial charge in [-0.05, 0) is 50.2 Å². The SMILES string of the molecule is CCOc1ccc(NC(=O)NC(=O)COC(=O)COc2ccc(C(=O)CC)cc2)cc1OCC. The van der Waals surface area contributed by atoms with E-state index in [1.807, 2.05) is 13.8 Å². The first-order valence-electron chi connectivity index (χ1n) is 10.8. The molecule has 0 aromatic heterocycles. The highest BCUT2D eigenvalue weighted by atomic mass is 16.6. The molecule has 0 aliphatic heterocycles. The standard InChI is InChI=1S/C24H28N2O8/c1-4-19(27)16-7-10-18(11-8-16)33-15-23(29)34-14-22(28)26-24(30)25-17-9-12-20(31-5-2)21(13-17)32-6-3/h7-13H,4-6,14-15H2,1-3H3,(H2,25,26,28,30). The Morgan fingerprint density at radius 2 is 1.47 bits per heavy atom. The molecule has 0 spiro atoms. The number of rotatable bonds is 12. The van der Waals surface area contributed by atoms with Crippen LogP contribution in [0.5, 0.6) is 17.2 Å². The molecular weight excluding hydrogens is 444 g/mol. The number of urea groups is 1. The fraction of sp³-hybridized carbons (Fsp3) is 0.333. The topological polar surface area (TPSA) is 129 Å². The molecular formula is C24H28N2O8. The van der Waals surface area contributed by atoms with Gasteiger partial charge in [0.2, 0.25) is 0 Å². The summed E-state index contributed by atoms with van der Waals surface area (Å²) in [6, 6.07) is 10.3. The lowest BCUT2D eigenvalue weighted by Gasteiger charge is -2.13. The zero-order chi connectivity index (χ0) is 24.9. The monoisotopic (exact) mass is 472 g/mol. The van der Waals surface area contributed by atoms with Crippen LogP contribution in [0.3, 0.4) is 0 Å². The number of carbonyl (C=O) groups is 4. The molecule has 2 rings (SSSR count). The van der Waals surface area contributed by atoms with Crippen molar-refractivity contribution in [3.63, 3.8) is 0 Å². The second-order valence-electron chi connectivity index (χ2n) is 6.78. The van der Waals surface area contributed by atoms with E-state index in [-0.39, 0.29) is 5.78 Å². The maximum absolute atomic E-state index is 12.1. The third-order valence-electron chi connectivity index (χ3n) is 4.27. The Labute approximate surface area is 197 Å². The van der Waals surface area contributed by atoms with Gasteiger partial charge in [-0.25, -0.2) is 9.59 Å². The average Bonchev–Trinajstić information content (AvgIpc) is 2.83. The average molecular weight is 472 g/mol. The number of amides is 3. The van der Waals surface area contributed by atoms with E-state index in [2.05, 4.69) is 10.6 Å². The van der Waals surface area contributed by atoms with Crippen molar-refractivity contribution in [2.75, 3.05) is 31.7 Å². The zero-order valence-corrected chi connectivity index (χ0v) is 19.3. The molecule has 34 heavy (non-hydrogen) atoms. The zero-order valence-electron chi connectivity index (χ0n) is 19.3. The molecule has 0 atom stereocenters. The summed E-state index contributed by atoms with van der Waals surface area (Å²) >= 11 is 0. The first-order valence-corrected chi connectivity index (χ1v) is 10.8. The number of hydrogen-bond acceptors (Lipinski definition) is 8. The van der Waals surface area contributed by atoms with Crippen molar-refractivity contribution < 1.29 is 38.1 Å². The van der Waals surface area contributed by atoms with Crippen LogP contribution in [0, 0.1) is 0 Å². The van der Waals surface area contributed by atoms with Gasteiger partial charge in [0.25, 0.3) is 5.91 Å². The summed E-state index contributed by atoms with van der Waals surface area (Å²) in [6.45, 7) is 5.19. The van der Waals surface area contributed by atoms with Crippen molar-refractivity contribution in [3.05, 3.63) is 48.0 Å². The highest BCUT2D eigenvalue weighted by Gasteiger charge is 2.13. The molecule has 182 valence electrons. The highest BCUT2D eigenvalue weighted by molar-refractivity contribution is 6.02. The summed E-state index contributed by atoms with van der Waals surface area (Å²) in [5.74, 6) is -0.255. The van der Waals surface area contributed by atoms with Gasteiger partial charge in [-0.3, -0.25) is 14.9 Å². The van der Waals surface area contributed by atoms with Crippen molar-refractivity contribution in [2.45, 2.75) is 27.2 Å². The van der Waals surface area contributed by atoms with Crippen LogP contribution < -0.4 is 24.8 Å². The quantitative estimate of drug-likeness (QED) is 0.355. The van der Waals surface area contributed by atoms with E-state index in [1.165, 1.54) is 0 Å². The van der Waals surface area contributed by atoms with E-state index in [9.17, 15) is 19.2 Å². The summed E-state index contributed by atoms with van der Waals surface area (Å²) in [7, 11) is 0. The minimum atomic E-state index is -0.816. The lowest BCUT2D eigenvalue weighted by Crippen LogP contribution is -2.37. The summed E-state index contributed by atoms with van der Waals surface area (Å²) in [4.78, 5) is 47.3. The molecule has 0 aliphatic carbocycles. The smallest absolute Gasteiger partial charge is 0.344 e. The van der Waals surface area contributed by atoms with Gasteiger partial charge in [0.05, 0.1) is 13.2 Å². The highest BCUT2D eigenvalue weighted by Crippen LogP contribution is 2.30. The van der Waals surface area contributed by atoms with Crippen LogP contribution in [-0.4, -0.2) is 50.1 Å². The van der Waals surface area contributed by atoms with Crippen molar-refractivity contribution in [1.82, 2.24) is 5.32 Å². The molecule has 0 heterocycles. The molecule has 0 saturated heterocycles. The molecule has 2 aromatic carbocycles. The van der Waals surface area contributed by atoms with Gasteiger partial charge in [0, 0.05) is 23.7 Å². The second kappa shape index (κ2) is 13.5. The lowest BCUT2D eigenvalue weighted by atomic mass is 10.1. The molecule has 0 bridgehead atoms. The second-order valence-corrected chi connectivity index (χ2v) is 6.78. The Kier molecular flexibility index (Phi) is 10.4. The van der Waals surface area contributed by atoms with Gasteiger partial charge >= 0.3 is 12.0 Å². The van der Waals surface area contributed by atoms with Crippen LogP contribution >= 0.6 is 0 Å². The number of Topliss-reactive ketones (excluding diaryl/α,β-unsaturated/α-hetero) is 1. The van der Waals surface area contributed by atoms with E-state index in [1.54, 1.807) is 49.4 Å². The van der Waals surface area contributed by atoms with E-state index in [4.69, 9.17) is 18.9 Å². The summed E-state index contributed by atoms with van der Waals surface area (Å²) < 4.78 is 21.0. The predicted molar refractivity (Wildman–Crippen MR) is 123 cm³/mol. The lowest BCUT2D eigenvalue weighted by molar-refractivity contribution is -0.150. The number of benzene rings is 2. The largest absolute Gasteiger partial charge is 0.490 e. The minimum Gasteiger partial charge on any atom is -0.490 e. The Balaban J connectivity index is 1.75. The molecule has 2 N–H and O–H groups in total. The number of nitrogens with one attached hydrogen (secondary N) is 2. The summed E-state index contributed by atoms with van der Waals surface area (Å²) in [6.07, 6.45) is 0.390. The number of hydrogen-bond donors (Lipinski definition) is 2. The van der Waals surface area contributed by atoms with Gasteiger partial charge in [0.1, 0.15) is 5.75 Å².